The van der Waals surface area contributed by atoms with Gasteiger partial charge >= 0.3 is 0 Å². The van der Waals surface area contributed by atoms with E-state index in [1.807, 2.05) is 7.05 Å². The molecule has 0 fully saturated rings. The Morgan fingerprint density at radius 2 is 2.62 bits per heavy atom. The third-order valence-electron chi connectivity index (χ3n) is 1.50. The molecule has 1 aliphatic heterocycles. The van der Waals surface area contributed by atoms with E-state index >= 15 is 0 Å². The fourth-order valence-corrected chi connectivity index (χ4v) is 0.910. The summed E-state index contributed by atoms with van der Waals surface area (Å²) in [6.45, 7) is 1.26. The zero-order valence-corrected chi connectivity index (χ0v) is 5.09. The van der Waals surface area contributed by atoms with E-state index in [1.54, 1.807) is 0 Å². The van der Waals surface area contributed by atoms with Gasteiger partial charge in [-0.2, -0.15) is 0 Å². The molecule has 0 unspecified atom stereocenters. The summed E-state index contributed by atoms with van der Waals surface area (Å²) in [5, 5.41) is 8.63. The normalized spacial score (nSPS) is 19.2. The van der Waals surface area contributed by atoms with Gasteiger partial charge in [-0.1, -0.05) is 6.08 Å². The van der Waals surface area contributed by atoms with E-state index in [0.717, 1.165) is 18.7 Å². The van der Waals surface area contributed by atoms with Gasteiger partial charge in [0.05, 0.1) is 6.61 Å². The summed E-state index contributed by atoms with van der Waals surface area (Å²) in [5.41, 5.74) is 1.06. The van der Waals surface area contributed by atoms with Gasteiger partial charge in [-0.15, -0.1) is 0 Å². The minimum absolute atomic E-state index is 0.191. The third kappa shape index (κ3) is 0.842. The second-order valence-corrected chi connectivity index (χ2v) is 2.06. The molecule has 0 amide bonds. The highest BCUT2D eigenvalue weighted by atomic mass is 16.3. The lowest BCUT2D eigenvalue weighted by molar-refractivity contribution is 0.286. The van der Waals surface area contributed by atoms with Crippen LogP contribution >= 0.6 is 0 Å². The van der Waals surface area contributed by atoms with Crippen molar-refractivity contribution in [1.82, 2.24) is 4.90 Å². The minimum atomic E-state index is 0.191. The summed E-state index contributed by atoms with van der Waals surface area (Å²) in [4.78, 5) is 2.07. The molecule has 2 heteroatoms. The van der Waals surface area contributed by atoms with Crippen LogP contribution in [0.25, 0.3) is 0 Å². The van der Waals surface area contributed by atoms with Crippen LogP contribution in [0.3, 0.4) is 0 Å². The fourth-order valence-electron chi connectivity index (χ4n) is 0.910. The quantitative estimate of drug-likeness (QED) is 0.525. The summed E-state index contributed by atoms with van der Waals surface area (Å²) in [6.07, 6.45) is 3.16. The molecule has 0 aromatic carbocycles. The van der Waals surface area contributed by atoms with Gasteiger partial charge in [0.25, 0.3) is 0 Å². The molecular weight excluding hydrogens is 102 g/mol. The van der Waals surface area contributed by atoms with Crippen molar-refractivity contribution in [2.24, 2.45) is 0 Å². The highest BCUT2D eigenvalue weighted by Crippen LogP contribution is 2.09. The number of nitrogens with zero attached hydrogens (tertiary/aromatic N) is 1. The zero-order valence-electron chi connectivity index (χ0n) is 5.09. The van der Waals surface area contributed by atoms with Crippen molar-refractivity contribution in [2.75, 3.05) is 20.2 Å². The van der Waals surface area contributed by atoms with Crippen LogP contribution in [-0.2, 0) is 0 Å². The SMILES string of the molecule is CN1CCC=C1CO. The van der Waals surface area contributed by atoms with Crippen LogP contribution in [0, 0.1) is 0 Å². The number of rotatable bonds is 1. The standard InChI is InChI=1S/C6H11NO/c1-7-4-2-3-6(7)5-8/h3,8H,2,4-5H2,1H3. The molecule has 1 heterocycles. The van der Waals surface area contributed by atoms with E-state index in [0.29, 0.717) is 0 Å². The molecule has 0 saturated heterocycles. The number of hydrogen-bond acceptors (Lipinski definition) is 2. The van der Waals surface area contributed by atoms with Crippen LogP contribution in [0.2, 0.25) is 0 Å². The molecule has 1 N–H and O–H groups in total. The maximum absolute atomic E-state index is 8.63. The largest absolute Gasteiger partial charge is 0.390 e. The maximum atomic E-state index is 8.63. The molecular formula is C6H11NO. The van der Waals surface area contributed by atoms with Crippen molar-refractivity contribution < 1.29 is 5.11 Å². The van der Waals surface area contributed by atoms with Gasteiger partial charge in [0.15, 0.2) is 0 Å². The lowest BCUT2D eigenvalue weighted by atomic mass is 10.4. The van der Waals surface area contributed by atoms with Crippen LogP contribution in [-0.4, -0.2) is 30.2 Å². The molecule has 0 radical (unpaired) electrons. The Labute approximate surface area is 49.4 Å². The van der Waals surface area contributed by atoms with Crippen molar-refractivity contribution in [1.29, 1.82) is 0 Å². The Morgan fingerprint density at radius 1 is 1.88 bits per heavy atom. The first kappa shape index (κ1) is 5.63. The monoisotopic (exact) mass is 113 g/mol. The van der Waals surface area contributed by atoms with Crippen LogP contribution in [0.4, 0.5) is 0 Å². The van der Waals surface area contributed by atoms with Crippen LogP contribution in [0.1, 0.15) is 6.42 Å². The lowest BCUT2D eigenvalue weighted by Gasteiger charge is -2.12. The molecule has 1 aliphatic rings. The number of likely N-dealkylation sites (N-methyl/N-ethyl adjacent to an activating group) is 1. The van der Waals surface area contributed by atoms with Crippen molar-refractivity contribution in [3.8, 4) is 0 Å². The van der Waals surface area contributed by atoms with Gasteiger partial charge in [-0.25, -0.2) is 0 Å². The van der Waals surface area contributed by atoms with Gasteiger partial charge < -0.3 is 10.0 Å². The van der Waals surface area contributed by atoms with E-state index in [1.165, 1.54) is 0 Å². The maximum Gasteiger partial charge on any atom is 0.0826 e. The summed E-state index contributed by atoms with van der Waals surface area (Å²) >= 11 is 0. The molecule has 0 bridgehead atoms. The van der Waals surface area contributed by atoms with E-state index < -0.39 is 0 Å². The van der Waals surface area contributed by atoms with Crippen LogP contribution in [0.15, 0.2) is 11.8 Å². The average molecular weight is 113 g/mol. The molecule has 0 aliphatic carbocycles. The summed E-state index contributed by atoms with van der Waals surface area (Å²) in [5.74, 6) is 0. The highest BCUT2D eigenvalue weighted by Gasteiger charge is 2.07. The second-order valence-electron chi connectivity index (χ2n) is 2.06. The third-order valence-corrected chi connectivity index (χ3v) is 1.50. The van der Waals surface area contributed by atoms with E-state index in [9.17, 15) is 0 Å². The number of aliphatic hydroxyl groups is 1. The Balaban J connectivity index is 2.49. The van der Waals surface area contributed by atoms with Crippen molar-refractivity contribution >= 4 is 0 Å². The summed E-state index contributed by atoms with van der Waals surface area (Å²) < 4.78 is 0. The zero-order chi connectivity index (χ0) is 5.98. The van der Waals surface area contributed by atoms with Gasteiger partial charge in [-0.3, -0.25) is 0 Å². The first-order valence-electron chi connectivity index (χ1n) is 2.85. The highest BCUT2D eigenvalue weighted by molar-refractivity contribution is 5.05. The number of aliphatic hydroxyl groups excluding tert-OH is 1. The van der Waals surface area contributed by atoms with E-state index in [4.69, 9.17) is 5.11 Å². The Bertz CT molecular complexity index is 109. The molecule has 1 rings (SSSR count). The van der Waals surface area contributed by atoms with Gasteiger partial charge in [0.2, 0.25) is 0 Å². The topological polar surface area (TPSA) is 23.5 Å². The van der Waals surface area contributed by atoms with Gasteiger partial charge in [0, 0.05) is 19.3 Å². The fraction of sp³-hybridized carbons (Fsp3) is 0.667. The van der Waals surface area contributed by atoms with Crippen molar-refractivity contribution in [3.05, 3.63) is 11.8 Å². The first-order valence-corrected chi connectivity index (χ1v) is 2.85. The first-order chi connectivity index (χ1) is 3.84. The van der Waals surface area contributed by atoms with E-state index in [-0.39, 0.29) is 6.61 Å². The Hall–Kier alpha value is -0.500. The Kier molecular flexibility index (Phi) is 1.53. The predicted octanol–water partition coefficient (Wildman–Crippen LogP) is 0.198. The second kappa shape index (κ2) is 2.18. The molecule has 46 valence electrons. The van der Waals surface area contributed by atoms with Crippen LogP contribution in [0.5, 0.6) is 0 Å². The Morgan fingerprint density at radius 3 is 2.88 bits per heavy atom. The predicted molar refractivity (Wildman–Crippen MR) is 32.4 cm³/mol. The summed E-state index contributed by atoms with van der Waals surface area (Å²) in [7, 11) is 2.00. The van der Waals surface area contributed by atoms with Gasteiger partial charge in [0.1, 0.15) is 0 Å². The molecule has 0 saturated carbocycles. The molecule has 0 spiro atoms. The van der Waals surface area contributed by atoms with Crippen molar-refractivity contribution in [3.63, 3.8) is 0 Å². The number of hydrogen-bond donors (Lipinski definition) is 1. The lowest BCUT2D eigenvalue weighted by Crippen LogP contribution is -2.14. The molecule has 8 heavy (non-hydrogen) atoms. The smallest absolute Gasteiger partial charge is 0.0826 e. The molecule has 0 aromatic rings. The molecule has 0 atom stereocenters. The van der Waals surface area contributed by atoms with Crippen LogP contribution < -0.4 is 0 Å². The van der Waals surface area contributed by atoms with E-state index in [2.05, 4.69) is 11.0 Å². The minimum Gasteiger partial charge on any atom is -0.390 e. The summed E-state index contributed by atoms with van der Waals surface area (Å²) in [6, 6.07) is 0. The molecule has 2 nitrogen and oxygen atoms in total. The molecule has 0 aromatic heterocycles. The van der Waals surface area contributed by atoms with Gasteiger partial charge in [-0.05, 0) is 6.42 Å². The average Bonchev–Trinajstić information content (AvgIpc) is 2.14. The van der Waals surface area contributed by atoms with Crippen molar-refractivity contribution in [2.45, 2.75) is 6.42 Å².